The van der Waals surface area contributed by atoms with E-state index < -0.39 is 0 Å². The summed E-state index contributed by atoms with van der Waals surface area (Å²) in [5.74, 6) is 2.02. The summed E-state index contributed by atoms with van der Waals surface area (Å²) >= 11 is 0. The largest absolute Gasteiger partial charge is 0.490 e. The van der Waals surface area contributed by atoms with Gasteiger partial charge >= 0.3 is 0 Å². The number of aromatic nitrogens is 2. The molecule has 0 radical (unpaired) electrons. The molecule has 126 valence electrons. The Balaban J connectivity index is 1.23. The lowest BCUT2D eigenvalue weighted by molar-refractivity contribution is 0.110. The lowest BCUT2D eigenvalue weighted by atomic mass is 10.1. The molecule has 24 heavy (non-hydrogen) atoms. The van der Waals surface area contributed by atoms with Crippen molar-refractivity contribution in [1.82, 2.24) is 15.3 Å². The van der Waals surface area contributed by atoms with Crippen molar-refractivity contribution < 1.29 is 9.47 Å². The van der Waals surface area contributed by atoms with Crippen LogP contribution in [0.25, 0.3) is 0 Å². The first-order chi connectivity index (χ1) is 11.9. The van der Waals surface area contributed by atoms with Gasteiger partial charge in [0.2, 0.25) is 0 Å². The first-order valence-corrected chi connectivity index (χ1v) is 8.66. The van der Waals surface area contributed by atoms with Gasteiger partial charge in [-0.15, -0.1) is 0 Å². The average molecular weight is 325 g/mol. The summed E-state index contributed by atoms with van der Waals surface area (Å²) in [6.45, 7) is 3.26. The van der Waals surface area contributed by atoms with Gasteiger partial charge in [-0.2, -0.15) is 0 Å². The molecule has 0 aromatic carbocycles. The van der Waals surface area contributed by atoms with E-state index in [9.17, 15) is 0 Å². The highest BCUT2D eigenvalue weighted by Gasteiger charge is 2.38. The van der Waals surface area contributed by atoms with Crippen LogP contribution in [0.15, 0.2) is 43.0 Å². The fraction of sp³-hybridized carbons (Fsp3) is 0.474. The number of hydrogen-bond donors (Lipinski definition) is 1. The smallest absolute Gasteiger partial charge is 0.137 e. The van der Waals surface area contributed by atoms with E-state index in [0.29, 0.717) is 24.5 Å². The third-order valence-corrected chi connectivity index (χ3v) is 4.79. The van der Waals surface area contributed by atoms with Crippen LogP contribution < -0.4 is 10.1 Å². The molecule has 1 saturated heterocycles. The molecule has 4 rings (SSSR count). The van der Waals surface area contributed by atoms with Crippen molar-refractivity contribution in [3.05, 3.63) is 54.1 Å². The Labute approximate surface area is 142 Å². The van der Waals surface area contributed by atoms with E-state index in [1.54, 1.807) is 12.4 Å². The van der Waals surface area contributed by atoms with Crippen molar-refractivity contribution in [3.8, 4) is 5.75 Å². The number of ether oxygens (including phenoxy) is 2. The summed E-state index contributed by atoms with van der Waals surface area (Å²) in [6.07, 6.45) is 9.77. The normalized spacial score (nSPS) is 25.1. The number of nitrogens with zero attached hydrogens (tertiary/aromatic N) is 2. The van der Waals surface area contributed by atoms with Crippen LogP contribution in [0.4, 0.5) is 0 Å². The highest BCUT2D eigenvalue weighted by Crippen LogP contribution is 2.47. The molecule has 3 heterocycles. The summed E-state index contributed by atoms with van der Waals surface area (Å²) in [7, 11) is 0. The van der Waals surface area contributed by atoms with E-state index in [1.807, 2.05) is 24.5 Å². The fourth-order valence-electron chi connectivity index (χ4n) is 3.06. The van der Waals surface area contributed by atoms with E-state index in [4.69, 9.17) is 9.47 Å². The van der Waals surface area contributed by atoms with Gasteiger partial charge in [0, 0.05) is 24.6 Å². The zero-order valence-electron chi connectivity index (χ0n) is 13.7. The Morgan fingerprint density at radius 2 is 2.12 bits per heavy atom. The third kappa shape index (κ3) is 3.91. The minimum Gasteiger partial charge on any atom is -0.490 e. The summed E-state index contributed by atoms with van der Waals surface area (Å²) in [5.41, 5.74) is 2.39. The standard InChI is InChI=1S/C19H23N3O2/c1-2-14(8-20-4-1)11-23-12-16-7-19(16)15-6-18(10-21-9-15)24-13-17-3-5-22-17/h1-2,4,6,8-10,16-17,19,22H,3,5,7,11-13H2/t16-,17+,19-/m1/s1. The monoisotopic (exact) mass is 325 g/mol. The zero-order chi connectivity index (χ0) is 16.2. The minimum atomic E-state index is 0.503. The van der Waals surface area contributed by atoms with Crippen LogP contribution in [-0.2, 0) is 11.3 Å². The van der Waals surface area contributed by atoms with Crippen molar-refractivity contribution in [2.75, 3.05) is 19.8 Å². The molecule has 2 aromatic rings. The Hall–Kier alpha value is -1.98. The van der Waals surface area contributed by atoms with Gasteiger partial charge in [0.05, 0.1) is 19.4 Å². The van der Waals surface area contributed by atoms with E-state index in [2.05, 4.69) is 21.4 Å². The van der Waals surface area contributed by atoms with Gasteiger partial charge in [-0.1, -0.05) is 6.07 Å². The molecule has 1 aliphatic carbocycles. The second-order valence-corrected chi connectivity index (χ2v) is 6.68. The Morgan fingerprint density at radius 1 is 1.17 bits per heavy atom. The minimum absolute atomic E-state index is 0.503. The topological polar surface area (TPSA) is 56.3 Å². The molecule has 2 aliphatic rings. The molecule has 2 aromatic heterocycles. The second kappa shape index (κ2) is 7.28. The van der Waals surface area contributed by atoms with Gasteiger partial charge < -0.3 is 14.8 Å². The van der Waals surface area contributed by atoms with E-state index in [1.165, 1.54) is 18.4 Å². The first-order valence-electron chi connectivity index (χ1n) is 8.66. The summed E-state index contributed by atoms with van der Waals surface area (Å²) in [4.78, 5) is 8.44. The van der Waals surface area contributed by atoms with Crippen LogP contribution in [-0.4, -0.2) is 35.8 Å². The van der Waals surface area contributed by atoms with Gasteiger partial charge in [-0.3, -0.25) is 9.97 Å². The lowest BCUT2D eigenvalue weighted by Gasteiger charge is -2.27. The van der Waals surface area contributed by atoms with Crippen molar-refractivity contribution in [3.63, 3.8) is 0 Å². The highest BCUT2D eigenvalue weighted by atomic mass is 16.5. The maximum atomic E-state index is 5.84. The predicted octanol–water partition coefficient (Wildman–Crippen LogP) is 2.54. The maximum Gasteiger partial charge on any atom is 0.137 e. The zero-order valence-corrected chi connectivity index (χ0v) is 13.7. The molecule has 5 heteroatoms. The van der Waals surface area contributed by atoms with Crippen LogP contribution >= 0.6 is 0 Å². The Bertz CT molecular complexity index is 661. The predicted molar refractivity (Wildman–Crippen MR) is 90.9 cm³/mol. The summed E-state index contributed by atoms with van der Waals surface area (Å²) in [5, 5.41) is 3.34. The Kier molecular flexibility index (Phi) is 4.71. The van der Waals surface area contributed by atoms with Gasteiger partial charge in [-0.05, 0) is 54.5 Å². The van der Waals surface area contributed by atoms with Crippen molar-refractivity contribution in [2.45, 2.75) is 31.4 Å². The molecule has 0 bridgehead atoms. The van der Waals surface area contributed by atoms with E-state index >= 15 is 0 Å². The second-order valence-electron chi connectivity index (χ2n) is 6.68. The summed E-state index contributed by atoms with van der Waals surface area (Å²) in [6, 6.07) is 6.62. The SMILES string of the molecule is c1cncc(COC[C@H]2C[C@@H]2c2cncc(OC[C@@H]3CCN3)c2)c1. The van der Waals surface area contributed by atoms with Crippen LogP contribution in [0.3, 0.4) is 0 Å². The van der Waals surface area contributed by atoms with Gasteiger partial charge in [0.15, 0.2) is 0 Å². The lowest BCUT2D eigenvalue weighted by Crippen LogP contribution is -2.46. The molecule has 3 atom stereocenters. The fourth-order valence-corrected chi connectivity index (χ4v) is 3.06. The maximum absolute atomic E-state index is 5.84. The molecule has 1 saturated carbocycles. The van der Waals surface area contributed by atoms with Crippen LogP contribution in [0.2, 0.25) is 0 Å². The molecular weight excluding hydrogens is 302 g/mol. The quantitative estimate of drug-likeness (QED) is 0.808. The van der Waals surface area contributed by atoms with Crippen LogP contribution in [0.5, 0.6) is 5.75 Å². The number of nitrogens with one attached hydrogen (secondary N) is 1. The average Bonchev–Trinajstić information content (AvgIpc) is 3.34. The molecule has 2 fully saturated rings. The van der Waals surface area contributed by atoms with Crippen LogP contribution in [0.1, 0.15) is 29.9 Å². The number of pyridine rings is 2. The van der Waals surface area contributed by atoms with Gasteiger partial charge in [0.1, 0.15) is 12.4 Å². The molecule has 0 spiro atoms. The molecule has 1 N–H and O–H groups in total. The molecule has 0 amide bonds. The van der Waals surface area contributed by atoms with Gasteiger partial charge in [0.25, 0.3) is 0 Å². The first kappa shape index (κ1) is 15.5. The van der Waals surface area contributed by atoms with Crippen molar-refractivity contribution in [2.24, 2.45) is 5.92 Å². The molecule has 0 unspecified atom stereocenters. The molecule has 1 aliphatic heterocycles. The van der Waals surface area contributed by atoms with Gasteiger partial charge in [-0.25, -0.2) is 0 Å². The van der Waals surface area contributed by atoms with Crippen molar-refractivity contribution >= 4 is 0 Å². The van der Waals surface area contributed by atoms with Crippen molar-refractivity contribution in [1.29, 1.82) is 0 Å². The highest BCUT2D eigenvalue weighted by molar-refractivity contribution is 5.30. The summed E-state index contributed by atoms with van der Waals surface area (Å²) < 4.78 is 11.7. The number of rotatable bonds is 8. The van der Waals surface area contributed by atoms with Crippen LogP contribution in [0, 0.1) is 5.92 Å². The molecule has 5 nitrogen and oxygen atoms in total. The third-order valence-electron chi connectivity index (χ3n) is 4.79. The Morgan fingerprint density at radius 3 is 2.92 bits per heavy atom. The molecular formula is C19H23N3O2. The number of hydrogen-bond acceptors (Lipinski definition) is 5. The van der Waals surface area contributed by atoms with E-state index in [-0.39, 0.29) is 0 Å². The van der Waals surface area contributed by atoms with E-state index in [0.717, 1.165) is 31.1 Å².